The summed E-state index contributed by atoms with van der Waals surface area (Å²) < 4.78 is 68.8. The van der Waals surface area contributed by atoms with Crippen LogP contribution >= 0.6 is 15.6 Å². The minimum absolute atomic E-state index is 0.107. The molecule has 0 aromatic rings. The second-order valence-electron chi connectivity index (χ2n) is 30.9. The second kappa shape index (κ2) is 75.5. The van der Waals surface area contributed by atoms with Gasteiger partial charge in [-0.05, 0) is 37.5 Å². The first-order valence-electron chi connectivity index (χ1n) is 43.5. The third-order valence-corrected chi connectivity index (χ3v) is 22.0. The van der Waals surface area contributed by atoms with E-state index in [0.717, 1.165) is 102 Å². The van der Waals surface area contributed by atoms with Crippen molar-refractivity contribution in [2.45, 2.75) is 464 Å². The number of unbranched alkanes of at least 4 members (excludes halogenated alkanes) is 52. The molecule has 103 heavy (non-hydrogen) atoms. The number of hydrogen-bond donors (Lipinski definition) is 3. The summed E-state index contributed by atoms with van der Waals surface area (Å²) in [5, 5.41) is 10.7. The number of esters is 4. The predicted octanol–water partition coefficient (Wildman–Crippen LogP) is 25.5. The Kier molecular flexibility index (Phi) is 74.1. The van der Waals surface area contributed by atoms with Crippen molar-refractivity contribution < 1.29 is 80.2 Å². The fraction of sp³-hybridized carbons (Fsp3) is 0.952. The Hall–Kier alpha value is -1.94. The van der Waals surface area contributed by atoms with Gasteiger partial charge in [-0.2, -0.15) is 0 Å². The molecular formula is C84H164O17P2. The molecule has 0 radical (unpaired) electrons. The van der Waals surface area contributed by atoms with Gasteiger partial charge < -0.3 is 33.8 Å². The summed E-state index contributed by atoms with van der Waals surface area (Å²) in [6, 6.07) is 0. The van der Waals surface area contributed by atoms with Crippen LogP contribution in [0, 0.1) is 11.8 Å². The lowest BCUT2D eigenvalue weighted by atomic mass is 9.99. The maximum Gasteiger partial charge on any atom is 0.472 e. The lowest BCUT2D eigenvalue weighted by molar-refractivity contribution is -0.161. The lowest BCUT2D eigenvalue weighted by Crippen LogP contribution is -2.30. The Balaban J connectivity index is 5.22. The summed E-state index contributed by atoms with van der Waals surface area (Å²) >= 11 is 0. The van der Waals surface area contributed by atoms with Crippen LogP contribution in [0.5, 0.6) is 0 Å². The van der Waals surface area contributed by atoms with Crippen molar-refractivity contribution in [3.63, 3.8) is 0 Å². The van der Waals surface area contributed by atoms with Crippen LogP contribution in [0.3, 0.4) is 0 Å². The molecule has 0 saturated heterocycles. The highest BCUT2D eigenvalue weighted by atomic mass is 31.2. The number of ether oxygens (including phenoxy) is 4. The molecule has 0 saturated carbocycles. The van der Waals surface area contributed by atoms with Crippen LogP contribution in [0.15, 0.2) is 0 Å². The fourth-order valence-corrected chi connectivity index (χ4v) is 14.6. The zero-order chi connectivity index (χ0) is 75.6. The molecule has 612 valence electrons. The number of carbonyl (C=O) groups excluding carboxylic acids is 4. The maximum absolute atomic E-state index is 13.1. The van der Waals surface area contributed by atoms with Crippen LogP contribution in [-0.2, 0) is 65.4 Å². The molecule has 0 amide bonds. The first-order chi connectivity index (χ1) is 49.9. The van der Waals surface area contributed by atoms with Gasteiger partial charge in [0.25, 0.3) is 0 Å². The monoisotopic (exact) mass is 1510 g/mol. The first-order valence-corrected chi connectivity index (χ1v) is 46.5. The van der Waals surface area contributed by atoms with E-state index >= 15 is 0 Å². The summed E-state index contributed by atoms with van der Waals surface area (Å²) in [6.07, 6.45) is 66.5. The average molecular weight is 1510 g/mol. The van der Waals surface area contributed by atoms with Gasteiger partial charge in [-0.1, -0.05) is 395 Å². The predicted molar refractivity (Wildman–Crippen MR) is 423 cm³/mol. The number of phosphoric ester groups is 2. The van der Waals surface area contributed by atoms with E-state index in [1.165, 1.54) is 263 Å². The van der Waals surface area contributed by atoms with E-state index in [2.05, 4.69) is 41.5 Å². The van der Waals surface area contributed by atoms with Crippen molar-refractivity contribution in [2.24, 2.45) is 11.8 Å². The fourth-order valence-electron chi connectivity index (χ4n) is 13.0. The highest BCUT2D eigenvalue weighted by Crippen LogP contribution is 2.45. The minimum Gasteiger partial charge on any atom is -0.462 e. The first kappa shape index (κ1) is 101. The molecule has 0 aliphatic rings. The van der Waals surface area contributed by atoms with Gasteiger partial charge in [-0.25, -0.2) is 9.13 Å². The van der Waals surface area contributed by atoms with Crippen LogP contribution in [0.4, 0.5) is 0 Å². The third-order valence-electron chi connectivity index (χ3n) is 20.1. The molecule has 0 aliphatic carbocycles. The molecule has 3 N–H and O–H groups in total. The molecule has 0 bridgehead atoms. The van der Waals surface area contributed by atoms with E-state index in [1.54, 1.807) is 0 Å². The van der Waals surface area contributed by atoms with E-state index in [4.69, 9.17) is 37.0 Å². The Morgan fingerprint density at radius 1 is 0.282 bits per heavy atom. The largest absolute Gasteiger partial charge is 0.472 e. The molecule has 17 nitrogen and oxygen atoms in total. The van der Waals surface area contributed by atoms with Crippen LogP contribution in [-0.4, -0.2) is 96.7 Å². The molecular weight excluding hydrogens is 1340 g/mol. The maximum atomic E-state index is 13.1. The minimum atomic E-state index is -4.96. The Morgan fingerprint density at radius 3 is 0.738 bits per heavy atom. The molecule has 0 aromatic carbocycles. The Morgan fingerprint density at radius 2 is 0.495 bits per heavy atom. The number of carbonyl (C=O) groups is 4. The SMILES string of the molecule is CCCCCCCCCCCCCCCCCCC(=O)OC[C@H](COP(=O)(O)OC[C@@H](O)COP(=O)(O)OC[C@@H](COC(=O)CCCCCCCCCCCC)OC(=O)CCCCCCCCCCCCCCC(C)C)OC(=O)CCCCCCCCCCCCCCCCCCCCC(C)CC. The molecule has 6 atom stereocenters. The van der Waals surface area contributed by atoms with Crippen LogP contribution < -0.4 is 0 Å². The van der Waals surface area contributed by atoms with Gasteiger partial charge in [0.05, 0.1) is 26.4 Å². The van der Waals surface area contributed by atoms with Crippen molar-refractivity contribution >= 4 is 39.5 Å². The van der Waals surface area contributed by atoms with Crippen LogP contribution in [0.25, 0.3) is 0 Å². The molecule has 0 spiro atoms. The van der Waals surface area contributed by atoms with E-state index < -0.39 is 97.5 Å². The molecule has 0 heterocycles. The van der Waals surface area contributed by atoms with Crippen LogP contribution in [0.1, 0.15) is 446 Å². The highest BCUT2D eigenvalue weighted by Gasteiger charge is 2.30. The van der Waals surface area contributed by atoms with Gasteiger partial charge in [0, 0.05) is 25.7 Å². The molecule has 0 aliphatic heterocycles. The van der Waals surface area contributed by atoms with Crippen molar-refractivity contribution in [3.8, 4) is 0 Å². The van der Waals surface area contributed by atoms with E-state index in [-0.39, 0.29) is 25.7 Å². The van der Waals surface area contributed by atoms with E-state index in [0.29, 0.717) is 25.7 Å². The van der Waals surface area contributed by atoms with Crippen LogP contribution in [0.2, 0.25) is 0 Å². The lowest BCUT2D eigenvalue weighted by Gasteiger charge is -2.21. The average Bonchev–Trinajstić information content (AvgIpc) is 0.914. The van der Waals surface area contributed by atoms with Gasteiger partial charge in [-0.3, -0.25) is 37.3 Å². The zero-order valence-corrected chi connectivity index (χ0v) is 69.4. The summed E-state index contributed by atoms with van der Waals surface area (Å²) in [5.74, 6) is -0.456. The number of rotatable bonds is 83. The van der Waals surface area contributed by atoms with Gasteiger partial charge >= 0.3 is 39.5 Å². The molecule has 0 rings (SSSR count). The topological polar surface area (TPSA) is 237 Å². The Labute approximate surface area is 632 Å². The standard InChI is InChI=1S/C84H164O17P2/c1-7-10-12-14-16-18-20-21-22-28-31-37-43-49-55-61-67-82(87)95-73-80(101-83(88)68-62-56-50-44-38-32-29-26-24-23-25-27-30-36-41-47-53-59-65-77(6)9-3)75-99-103(92,93)97-71-78(85)70-96-102(90,91)98-74-79(72-94-81(86)66-60-54-48-42-19-17-15-13-11-8-2)100-84(89)69-63-57-51-45-39-34-33-35-40-46-52-58-64-76(4)5/h76-80,85H,7-75H2,1-6H3,(H,90,91)(H,92,93)/t77?,78-,79+,80+/m0/s1. The second-order valence-corrected chi connectivity index (χ2v) is 33.8. The van der Waals surface area contributed by atoms with Gasteiger partial charge in [-0.15, -0.1) is 0 Å². The van der Waals surface area contributed by atoms with Gasteiger partial charge in [0.1, 0.15) is 19.3 Å². The summed E-state index contributed by atoms with van der Waals surface area (Å²) in [6.45, 7) is 9.73. The normalized spacial score (nSPS) is 14.1. The number of phosphoric acid groups is 2. The summed E-state index contributed by atoms with van der Waals surface area (Å²) in [4.78, 5) is 73.1. The quantitative estimate of drug-likeness (QED) is 0.0222. The molecule has 0 fully saturated rings. The molecule has 3 unspecified atom stereocenters. The number of aliphatic hydroxyl groups excluding tert-OH is 1. The van der Waals surface area contributed by atoms with Crippen molar-refractivity contribution in [3.05, 3.63) is 0 Å². The molecule has 19 heteroatoms. The zero-order valence-electron chi connectivity index (χ0n) is 67.6. The number of hydrogen-bond acceptors (Lipinski definition) is 15. The summed E-state index contributed by atoms with van der Waals surface area (Å²) in [7, 11) is -9.92. The molecule has 0 aromatic heterocycles. The van der Waals surface area contributed by atoms with E-state index in [9.17, 15) is 43.2 Å². The third kappa shape index (κ3) is 76.6. The van der Waals surface area contributed by atoms with Gasteiger partial charge in [0.2, 0.25) is 0 Å². The van der Waals surface area contributed by atoms with Gasteiger partial charge in [0.15, 0.2) is 12.2 Å². The van der Waals surface area contributed by atoms with Crippen molar-refractivity contribution in [2.75, 3.05) is 39.6 Å². The summed E-state index contributed by atoms with van der Waals surface area (Å²) in [5.41, 5.74) is 0. The van der Waals surface area contributed by atoms with E-state index in [1.807, 2.05) is 0 Å². The van der Waals surface area contributed by atoms with Crippen molar-refractivity contribution in [1.29, 1.82) is 0 Å². The number of aliphatic hydroxyl groups is 1. The van der Waals surface area contributed by atoms with Crippen molar-refractivity contribution in [1.82, 2.24) is 0 Å². The smallest absolute Gasteiger partial charge is 0.462 e. The highest BCUT2D eigenvalue weighted by molar-refractivity contribution is 7.47. The Bertz CT molecular complexity index is 1980.